The molecule has 0 amide bonds. The lowest BCUT2D eigenvalue weighted by Gasteiger charge is -2.45. The van der Waals surface area contributed by atoms with Crippen molar-refractivity contribution >= 4 is 23.4 Å². The Bertz CT molecular complexity index is 912. The van der Waals surface area contributed by atoms with Crippen LogP contribution in [0.25, 0.3) is 6.08 Å². The number of nitrogens with zero attached hydrogens (tertiary/aromatic N) is 1. The Morgan fingerprint density at radius 2 is 1.97 bits per heavy atom. The minimum absolute atomic E-state index is 0.0640. The minimum atomic E-state index is -1.38. The first-order chi connectivity index (χ1) is 14.4. The van der Waals surface area contributed by atoms with Crippen LogP contribution < -0.4 is 5.32 Å². The van der Waals surface area contributed by atoms with Gasteiger partial charge < -0.3 is 15.2 Å². The first kappa shape index (κ1) is 20.6. The Kier molecular flexibility index (Phi) is 5.65. The van der Waals surface area contributed by atoms with Gasteiger partial charge in [-0.15, -0.1) is 0 Å². The first-order valence-electron chi connectivity index (χ1n) is 10.8. The van der Waals surface area contributed by atoms with Crippen LogP contribution in [0.2, 0.25) is 0 Å². The largest absolute Gasteiger partial charge is 0.460 e. The van der Waals surface area contributed by atoms with Gasteiger partial charge in [-0.3, -0.25) is 4.98 Å². The summed E-state index contributed by atoms with van der Waals surface area (Å²) >= 11 is 0. The van der Waals surface area contributed by atoms with Crippen molar-refractivity contribution in [1.82, 2.24) is 4.98 Å². The number of para-hydroxylation sites is 1. The summed E-state index contributed by atoms with van der Waals surface area (Å²) in [6.07, 6.45) is 7.13. The molecule has 1 aliphatic carbocycles. The van der Waals surface area contributed by atoms with E-state index in [2.05, 4.69) is 30.2 Å². The summed E-state index contributed by atoms with van der Waals surface area (Å²) in [6.45, 7) is 6.20. The maximum absolute atomic E-state index is 12.4. The molecule has 5 heteroatoms. The van der Waals surface area contributed by atoms with Gasteiger partial charge >= 0.3 is 5.97 Å². The van der Waals surface area contributed by atoms with Gasteiger partial charge in [0, 0.05) is 11.6 Å². The van der Waals surface area contributed by atoms with E-state index in [9.17, 15) is 9.90 Å². The highest BCUT2D eigenvalue weighted by molar-refractivity contribution is 5.82. The van der Waals surface area contributed by atoms with Crippen molar-refractivity contribution in [1.29, 1.82) is 0 Å². The fraction of sp³-hybridized carbons (Fsp3) is 0.440. The van der Waals surface area contributed by atoms with Crippen molar-refractivity contribution in [2.24, 2.45) is 23.7 Å². The number of carbonyl (C=O) groups excluding carboxylic acids is 1. The number of fused-ring (bicyclic) bond motifs is 1. The fourth-order valence-electron chi connectivity index (χ4n) is 5.42. The Hall–Kier alpha value is -2.66. The quantitative estimate of drug-likeness (QED) is 0.697. The summed E-state index contributed by atoms with van der Waals surface area (Å²) in [6, 6.07) is 14.0. The number of anilines is 2. The van der Waals surface area contributed by atoms with Gasteiger partial charge in [0.15, 0.2) is 5.60 Å². The second kappa shape index (κ2) is 8.23. The highest BCUT2D eigenvalue weighted by Gasteiger charge is 2.62. The van der Waals surface area contributed by atoms with E-state index < -0.39 is 11.6 Å². The van der Waals surface area contributed by atoms with Crippen LogP contribution in [0.15, 0.2) is 54.7 Å². The van der Waals surface area contributed by atoms with Crippen LogP contribution >= 0.6 is 0 Å². The molecule has 2 heterocycles. The zero-order valence-corrected chi connectivity index (χ0v) is 17.8. The van der Waals surface area contributed by atoms with E-state index in [-0.39, 0.29) is 23.9 Å². The number of rotatable bonds is 5. The van der Waals surface area contributed by atoms with E-state index in [0.29, 0.717) is 12.3 Å². The number of pyridine rings is 1. The third-order valence-electron chi connectivity index (χ3n) is 6.79. The lowest BCUT2D eigenvalue weighted by molar-refractivity contribution is -0.160. The number of hydrogen-bond acceptors (Lipinski definition) is 5. The third kappa shape index (κ3) is 3.74. The minimum Gasteiger partial charge on any atom is -0.460 e. The second-order valence-corrected chi connectivity index (χ2v) is 8.71. The number of aliphatic hydroxyl groups is 1. The molecule has 6 atom stereocenters. The summed E-state index contributed by atoms with van der Waals surface area (Å²) < 4.78 is 5.46. The summed E-state index contributed by atoms with van der Waals surface area (Å²) in [5, 5.41) is 14.5. The average Bonchev–Trinajstić information content (AvgIpc) is 2.95. The zero-order chi connectivity index (χ0) is 21.3. The van der Waals surface area contributed by atoms with Crippen LogP contribution in [0.4, 0.5) is 11.4 Å². The molecule has 158 valence electrons. The van der Waals surface area contributed by atoms with E-state index in [1.165, 1.54) is 0 Å². The third-order valence-corrected chi connectivity index (χ3v) is 6.79. The van der Waals surface area contributed by atoms with Gasteiger partial charge in [-0.05, 0) is 61.4 Å². The highest BCUT2D eigenvalue weighted by atomic mass is 16.6. The van der Waals surface area contributed by atoms with E-state index in [4.69, 9.17) is 4.74 Å². The molecule has 1 saturated heterocycles. The molecule has 2 N–H and O–H groups in total. The number of nitrogens with one attached hydrogen (secondary N) is 1. The van der Waals surface area contributed by atoms with Crippen LogP contribution in [0.3, 0.4) is 0 Å². The van der Waals surface area contributed by atoms with Gasteiger partial charge in [0.05, 0.1) is 17.6 Å². The number of allylic oxidation sites excluding steroid dienone is 1. The number of cyclic esters (lactones) is 1. The van der Waals surface area contributed by atoms with E-state index in [1.54, 1.807) is 0 Å². The van der Waals surface area contributed by atoms with Crippen LogP contribution in [0.5, 0.6) is 0 Å². The Morgan fingerprint density at radius 3 is 2.63 bits per heavy atom. The molecule has 30 heavy (non-hydrogen) atoms. The standard InChI is InChI=1S/C25H30N2O3/c1-4-21-16(2)14-25(29)23(17(3)30-24(25)28)22(21)13-12-18-10-11-20(15-26-18)27-19-8-6-5-7-9-19/h5-13,15-17,21-23,27,29H,4,14H2,1-3H3/t16-,17+,21+,22-,23-,25-/m0/s1. The molecule has 2 aliphatic rings. The van der Waals surface area contributed by atoms with Gasteiger partial charge in [0.2, 0.25) is 0 Å². The number of carbonyl (C=O) groups is 1. The zero-order valence-electron chi connectivity index (χ0n) is 17.8. The SMILES string of the molecule is CC[C@H]1[C@H](C=Cc2ccc(Nc3ccccc3)cn2)[C@@H]2[C@@H](C)OC(=O)[C@]2(O)C[C@@H]1C. The Balaban J connectivity index is 1.54. The van der Waals surface area contributed by atoms with E-state index >= 15 is 0 Å². The Labute approximate surface area is 178 Å². The molecule has 0 unspecified atom stereocenters. The molecular weight excluding hydrogens is 376 g/mol. The van der Waals surface area contributed by atoms with Crippen molar-refractivity contribution in [3.05, 3.63) is 60.4 Å². The van der Waals surface area contributed by atoms with Gasteiger partial charge in [-0.25, -0.2) is 4.79 Å². The fourth-order valence-corrected chi connectivity index (χ4v) is 5.42. The van der Waals surface area contributed by atoms with Gasteiger partial charge in [-0.1, -0.05) is 44.5 Å². The van der Waals surface area contributed by atoms with Crippen molar-refractivity contribution in [3.63, 3.8) is 0 Å². The van der Waals surface area contributed by atoms with Crippen LogP contribution in [-0.2, 0) is 9.53 Å². The second-order valence-electron chi connectivity index (χ2n) is 8.71. The molecule has 1 aromatic carbocycles. The van der Waals surface area contributed by atoms with Crippen molar-refractivity contribution < 1.29 is 14.6 Å². The lowest BCUT2D eigenvalue weighted by Crippen LogP contribution is -2.53. The summed E-state index contributed by atoms with van der Waals surface area (Å²) in [5.41, 5.74) is 1.41. The molecule has 5 nitrogen and oxygen atoms in total. The van der Waals surface area contributed by atoms with Crippen LogP contribution in [0.1, 0.15) is 39.3 Å². The highest BCUT2D eigenvalue weighted by Crippen LogP contribution is 2.52. The molecule has 4 rings (SSSR count). The molecule has 1 saturated carbocycles. The monoisotopic (exact) mass is 406 g/mol. The number of ether oxygens (including phenoxy) is 1. The van der Waals surface area contributed by atoms with Crippen molar-refractivity contribution in [3.8, 4) is 0 Å². The number of benzene rings is 1. The van der Waals surface area contributed by atoms with Gasteiger partial charge in [0.1, 0.15) is 6.10 Å². The summed E-state index contributed by atoms with van der Waals surface area (Å²) in [4.78, 5) is 16.9. The predicted molar refractivity (Wildman–Crippen MR) is 118 cm³/mol. The molecule has 2 fully saturated rings. The molecule has 0 radical (unpaired) electrons. The normalized spacial score (nSPS) is 33.3. The van der Waals surface area contributed by atoms with Crippen LogP contribution in [0, 0.1) is 23.7 Å². The van der Waals surface area contributed by atoms with Crippen LogP contribution in [-0.4, -0.2) is 27.8 Å². The summed E-state index contributed by atoms with van der Waals surface area (Å²) in [7, 11) is 0. The number of esters is 1. The maximum atomic E-state index is 12.4. The number of aromatic nitrogens is 1. The topological polar surface area (TPSA) is 71.5 Å². The molecule has 0 spiro atoms. The van der Waals surface area contributed by atoms with Crippen molar-refractivity contribution in [2.45, 2.75) is 45.3 Å². The lowest BCUT2D eigenvalue weighted by atomic mass is 9.59. The van der Waals surface area contributed by atoms with E-state index in [1.807, 2.05) is 61.7 Å². The first-order valence-corrected chi connectivity index (χ1v) is 10.8. The van der Waals surface area contributed by atoms with E-state index in [0.717, 1.165) is 23.5 Å². The van der Waals surface area contributed by atoms with Gasteiger partial charge in [-0.2, -0.15) is 0 Å². The summed E-state index contributed by atoms with van der Waals surface area (Å²) in [5.74, 6) is 0.0152. The molecule has 0 bridgehead atoms. The molecular formula is C25H30N2O3. The molecule has 2 aromatic rings. The molecule has 1 aliphatic heterocycles. The smallest absolute Gasteiger partial charge is 0.338 e. The van der Waals surface area contributed by atoms with Crippen molar-refractivity contribution in [2.75, 3.05) is 5.32 Å². The molecule has 1 aromatic heterocycles. The predicted octanol–water partition coefficient (Wildman–Crippen LogP) is 4.81. The Morgan fingerprint density at radius 1 is 1.20 bits per heavy atom. The average molecular weight is 407 g/mol. The maximum Gasteiger partial charge on any atom is 0.338 e. The number of hydrogen-bond donors (Lipinski definition) is 2. The van der Waals surface area contributed by atoms with Gasteiger partial charge in [0.25, 0.3) is 0 Å².